The van der Waals surface area contributed by atoms with Crippen molar-refractivity contribution in [1.29, 1.82) is 0 Å². The third kappa shape index (κ3) is 5.70. The van der Waals surface area contributed by atoms with Gasteiger partial charge in [0.15, 0.2) is 6.04 Å². The zero-order valence-electron chi connectivity index (χ0n) is 21.5. The van der Waals surface area contributed by atoms with E-state index < -0.39 is 11.7 Å². The quantitative estimate of drug-likeness (QED) is 0.262. The zero-order chi connectivity index (χ0) is 26.0. The Morgan fingerprint density at radius 3 is 2.75 bits per heavy atom. The Morgan fingerprint density at radius 1 is 1.31 bits per heavy atom. The van der Waals surface area contributed by atoms with Gasteiger partial charge in [-0.15, -0.1) is 15.9 Å². The van der Waals surface area contributed by atoms with Crippen LogP contribution in [0.5, 0.6) is 5.75 Å². The monoisotopic (exact) mass is 514 g/mol. The maximum absolute atomic E-state index is 13.8. The second kappa shape index (κ2) is 10.3. The highest BCUT2D eigenvalue weighted by Crippen LogP contribution is 2.31. The lowest BCUT2D eigenvalue weighted by atomic mass is 10.1. The van der Waals surface area contributed by atoms with Crippen molar-refractivity contribution in [2.75, 3.05) is 20.2 Å². The van der Waals surface area contributed by atoms with Crippen molar-refractivity contribution >= 4 is 40.7 Å². The number of carbonyl (C=O) groups is 2. The fourth-order valence-corrected chi connectivity index (χ4v) is 4.89. The van der Waals surface area contributed by atoms with Gasteiger partial charge in [-0.25, -0.2) is 14.6 Å². The first-order valence-electron chi connectivity index (χ1n) is 11.8. The number of hydrogen-bond donors (Lipinski definition) is 0. The van der Waals surface area contributed by atoms with Crippen molar-refractivity contribution in [3.05, 3.63) is 45.6 Å². The molecule has 0 bridgehead atoms. The fraction of sp³-hybridized carbons (Fsp3) is 0.462. The first-order chi connectivity index (χ1) is 17.1. The van der Waals surface area contributed by atoms with Gasteiger partial charge in [0.1, 0.15) is 34.9 Å². The fourth-order valence-electron chi connectivity index (χ4n) is 4.18. The molecule has 1 unspecified atom stereocenters. The SMILES string of the molecule is COC=[N+](C(=O)c1c(C)oc2ccc(OCc3cnc(C)s3)cc12)C1CCN(C(=O)OC(C)(C)C)C1. The normalized spacial score (nSPS) is 16.4. The molecule has 3 heterocycles. The van der Waals surface area contributed by atoms with Crippen LogP contribution in [0.1, 0.15) is 53.2 Å². The molecule has 36 heavy (non-hydrogen) atoms. The molecule has 1 fully saturated rings. The molecule has 0 spiro atoms. The van der Waals surface area contributed by atoms with Crippen LogP contribution in [0.25, 0.3) is 11.0 Å². The number of aromatic nitrogens is 1. The van der Waals surface area contributed by atoms with Gasteiger partial charge in [-0.3, -0.25) is 0 Å². The number of hydrogen-bond acceptors (Lipinski definition) is 8. The lowest BCUT2D eigenvalue weighted by Gasteiger charge is -2.23. The molecular weight excluding hydrogens is 482 g/mol. The van der Waals surface area contributed by atoms with Gasteiger partial charge in [0.2, 0.25) is 0 Å². The predicted octanol–water partition coefficient (Wildman–Crippen LogP) is 4.92. The van der Waals surface area contributed by atoms with E-state index in [1.54, 1.807) is 35.4 Å². The van der Waals surface area contributed by atoms with Gasteiger partial charge in [0, 0.05) is 24.5 Å². The number of nitrogens with zero attached hydrogens (tertiary/aromatic N) is 3. The summed E-state index contributed by atoms with van der Waals surface area (Å²) >= 11 is 1.58. The van der Waals surface area contributed by atoms with E-state index in [2.05, 4.69) is 4.98 Å². The van der Waals surface area contributed by atoms with Crippen molar-refractivity contribution in [2.45, 2.75) is 59.3 Å². The first-order valence-corrected chi connectivity index (χ1v) is 12.6. The maximum Gasteiger partial charge on any atom is 0.426 e. The maximum atomic E-state index is 13.8. The van der Waals surface area contributed by atoms with Crippen LogP contribution in [0, 0.1) is 13.8 Å². The molecule has 1 aromatic carbocycles. The number of rotatable bonds is 6. The molecular formula is C26H32N3O6S+. The summed E-state index contributed by atoms with van der Waals surface area (Å²) in [6.07, 6.45) is 3.41. The van der Waals surface area contributed by atoms with Gasteiger partial charge in [-0.1, -0.05) is 0 Å². The Bertz CT molecular complexity index is 1300. The molecule has 4 rings (SSSR count). The number of fused-ring (bicyclic) bond motifs is 1. The van der Waals surface area contributed by atoms with E-state index in [0.29, 0.717) is 54.2 Å². The predicted molar refractivity (Wildman–Crippen MR) is 136 cm³/mol. The van der Waals surface area contributed by atoms with Crippen LogP contribution < -0.4 is 4.74 Å². The largest absolute Gasteiger partial charge is 0.488 e. The minimum atomic E-state index is -0.589. The number of aryl methyl sites for hydroxylation is 2. The van der Waals surface area contributed by atoms with Crippen LogP contribution in [0.2, 0.25) is 0 Å². The average Bonchev–Trinajstić information content (AvgIpc) is 3.52. The molecule has 0 aliphatic carbocycles. The summed E-state index contributed by atoms with van der Waals surface area (Å²) in [5.41, 5.74) is 0.443. The van der Waals surface area contributed by atoms with Crippen LogP contribution in [0.3, 0.4) is 0 Å². The van der Waals surface area contributed by atoms with Gasteiger partial charge in [0.25, 0.3) is 0 Å². The number of likely N-dealkylation sites (tertiary alicyclic amines) is 1. The molecule has 2 aromatic heterocycles. The molecule has 0 saturated carbocycles. The molecule has 1 aliphatic heterocycles. The van der Waals surface area contributed by atoms with Crippen LogP contribution in [-0.2, 0) is 16.1 Å². The Morgan fingerprint density at radius 2 is 2.08 bits per heavy atom. The first kappa shape index (κ1) is 25.7. The summed E-state index contributed by atoms with van der Waals surface area (Å²) in [4.78, 5) is 33.2. The van der Waals surface area contributed by atoms with Crippen molar-refractivity contribution in [3.63, 3.8) is 0 Å². The smallest absolute Gasteiger partial charge is 0.426 e. The molecule has 3 aromatic rings. The van der Waals surface area contributed by atoms with Crippen LogP contribution >= 0.6 is 11.3 Å². The van der Waals surface area contributed by atoms with E-state index in [9.17, 15) is 9.59 Å². The Labute approximate surface area is 214 Å². The standard InChI is InChI=1S/C26H32N3O6S/c1-16-23(21-11-19(7-8-22(21)34-16)33-14-20-12-27-17(2)36-20)24(30)29(15-32-6)18-9-10-28(13-18)25(31)35-26(3,4)5/h7-8,11-12,15,18H,9-10,13-14H2,1-6H3/q+1. The van der Waals surface area contributed by atoms with E-state index in [1.165, 1.54) is 18.1 Å². The van der Waals surface area contributed by atoms with Gasteiger partial charge < -0.3 is 23.5 Å². The van der Waals surface area contributed by atoms with Gasteiger partial charge in [-0.2, -0.15) is 0 Å². The number of thiazole rings is 1. The van der Waals surface area contributed by atoms with Gasteiger partial charge in [-0.05, 0) is 52.8 Å². The van der Waals surface area contributed by atoms with E-state index in [-0.39, 0.29) is 11.9 Å². The lowest BCUT2D eigenvalue weighted by molar-refractivity contribution is -0.470. The molecule has 192 valence electrons. The summed E-state index contributed by atoms with van der Waals surface area (Å²) in [7, 11) is 1.49. The molecule has 1 saturated heterocycles. The molecule has 0 radical (unpaired) electrons. The van der Waals surface area contributed by atoms with E-state index in [4.69, 9.17) is 18.6 Å². The summed E-state index contributed by atoms with van der Waals surface area (Å²) in [5, 5.41) is 1.64. The number of benzene rings is 1. The number of furan rings is 1. The number of ether oxygens (including phenoxy) is 3. The molecule has 9 nitrogen and oxygen atoms in total. The Hall–Kier alpha value is -3.40. The highest BCUT2D eigenvalue weighted by molar-refractivity contribution is 7.11. The Balaban J connectivity index is 1.56. The average molecular weight is 515 g/mol. The molecule has 1 aliphatic rings. The van der Waals surface area contributed by atoms with Crippen molar-refractivity contribution < 1.29 is 32.8 Å². The van der Waals surface area contributed by atoms with Crippen LogP contribution in [-0.4, -0.2) is 64.7 Å². The summed E-state index contributed by atoms with van der Waals surface area (Å²) < 4.78 is 24.2. The number of carbonyl (C=O) groups excluding carboxylic acids is 2. The minimum absolute atomic E-state index is 0.261. The second-order valence-corrected chi connectivity index (χ2v) is 11.1. The third-order valence-electron chi connectivity index (χ3n) is 5.76. The number of methoxy groups -OCH3 is 1. The highest BCUT2D eigenvalue weighted by Gasteiger charge is 2.41. The molecule has 1 atom stereocenters. The second-order valence-electron chi connectivity index (χ2n) is 9.75. The zero-order valence-corrected chi connectivity index (χ0v) is 22.3. The van der Waals surface area contributed by atoms with Crippen molar-refractivity contribution in [1.82, 2.24) is 9.88 Å². The topological polar surface area (TPSA) is 94.1 Å². The van der Waals surface area contributed by atoms with Crippen molar-refractivity contribution in [3.8, 4) is 5.75 Å². The highest BCUT2D eigenvalue weighted by atomic mass is 32.1. The summed E-state index contributed by atoms with van der Waals surface area (Å²) in [5.74, 6) is 0.865. The third-order valence-corrected chi connectivity index (χ3v) is 6.65. The van der Waals surface area contributed by atoms with Gasteiger partial charge >= 0.3 is 18.4 Å². The molecule has 2 amide bonds. The Kier molecular flexibility index (Phi) is 7.35. The van der Waals surface area contributed by atoms with E-state index >= 15 is 0 Å². The van der Waals surface area contributed by atoms with Crippen LogP contribution in [0.4, 0.5) is 4.79 Å². The lowest BCUT2D eigenvalue weighted by Crippen LogP contribution is -2.39. The minimum Gasteiger partial charge on any atom is -0.488 e. The van der Waals surface area contributed by atoms with Crippen molar-refractivity contribution in [2.24, 2.45) is 0 Å². The van der Waals surface area contributed by atoms with Gasteiger partial charge in [0.05, 0.1) is 23.5 Å². The molecule has 0 N–H and O–H groups in total. The summed E-state index contributed by atoms with van der Waals surface area (Å²) in [6, 6.07) is 5.18. The van der Waals surface area contributed by atoms with E-state index in [0.717, 1.165) is 9.88 Å². The van der Waals surface area contributed by atoms with Crippen LogP contribution in [0.15, 0.2) is 28.8 Å². The molecule has 10 heteroatoms. The summed E-state index contributed by atoms with van der Waals surface area (Å²) in [6.45, 7) is 10.4. The van der Waals surface area contributed by atoms with E-state index in [1.807, 2.05) is 39.8 Å². The number of amides is 2.